The van der Waals surface area contributed by atoms with E-state index < -0.39 is 0 Å². The van der Waals surface area contributed by atoms with Gasteiger partial charge in [0, 0.05) is 5.39 Å². The van der Waals surface area contributed by atoms with Crippen LogP contribution in [0.5, 0.6) is 0 Å². The molecule has 0 saturated carbocycles. The van der Waals surface area contributed by atoms with Crippen LogP contribution in [0, 0.1) is 12.7 Å². The third-order valence-corrected chi connectivity index (χ3v) is 3.36. The molecule has 0 unspecified atom stereocenters. The molecule has 3 rings (SSSR count). The fourth-order valence-electron chi connectivity index (χ4n) is 2.24. The van der Waals surface area contributed by atoms with E-state index in [1.165, 1.54) is 6.07 Å². The molecule has 0 spiro atoms. The Hall–Kier alpha value is -2.36. The number of nitrogens with two attached hydrogens (primary N) is 1. The molecule has 0 radical (unpaired) electrons. The summed E-state index contributed by atoms with van der Waals surface area (Å²) < 4.78 is 13.3. The number of anilines is 1. The van der Waals surface area contributed by atoms with Crippen molar-refractivity contribution in [3.63, 3.8) is 0 Å². The van der Waals surface area contributed by atoms with Crippen LogP contribution in [0.4, 0.5) is 10.2 Å². The van der Waals surface area contributed by atoms with Gasteiger partial charge in [0.1, 0.15) is 5.82 Å². The lowest BCUT2D eigenvalue weighted by Gasteiger charge is -2.06. The second-order valence-corrected chi connectivity index (χ2v) is 4.74. The minimum atomic E-state index is -0.204. The Kier molecular flexibility index (Phi) is 2.71. The topological polar surface area (TPSA) is 54.7 Å². The van der Waals surface area contributed by atoms with Crippen LogP contribution in [0.25, 0.3) is 10.9 Å². The first-order valence-electron chi connectivity index (χ1n) is 6.11. The van der Waals surface area contributed by atoms with Gasteiger partial charge in [-0.1, -0.05) is 12.1 Å². The van der Waals surface area contributed by atoms with Crippen molar-refractivity contribution in [1.82, 2.24) is 10.2 Å². The highest BCUT2D eigenvalue weighted by atomic mass is 19.1. The number of nitrogens with zero attached hydrogens (tertiary/aromatic N) is 1. The summed E-state index contributed by atoms with van der Waals surface area (Å²) in [7, 11) is 0. The van der Waals surface area contributed by atoms with Crippen LogP contribution in [0.3, 0.4) is 0 Å². The molecule has 0 bridgehead atoms. The highest BCUT2D eigenvalue weighted by Gasteiger charge is 2.06. The zero-order valence-corrected chi connectivity index (χ0v) is 10.6. The summed E-state index contributed by atoms with van der Waals surface area (Å²) in [5.41, 5.74) is 9.87. The standard InChI is InChI=1S/C15H14FN3/c1-9-2-4-12(16)8-11(9)6-10-3-5-14-13(7-10)15(17)19-18-14/h2-5,7-8H,6H2,1H3,(H3,17,18,19). The van der Waals surface area contributed by atoms with E-state index in [2.05, 4.69) is 10.2 Å². The molecule has 0 aliphatic heterocycles. The van der Waals surface area contributed by atoms with Crippen LogP contribution in [0.15, 0.2) is 36.4 Å². The monoisotopic (exact) mass is 255 g/mol. The molecule has 0 atom stereocenters. The average Bonchev–Trinajstić information content (AvgIpc) is 2.76. The van der Waals surface area contributed by atoms with E-state index >= 15 is 0 Å². The first-order valence-corrected chi connectivity index (χ1v) is 6.11. The molecule has 3 N–H and O–H groups in total. The molecule has 96 valence electrons. The Bertz CT molecular complexity index is 746. The third kappa shape index (κ3) is 2.17. The van der Waals surface area contributed by atoms with Crippen molar-refractivity contribution in [2.75, 3.05) is 5.73 Å². The second-order valence-electron chi connectivity index (χ2n) is 4.74. The third-order valence-electron chi connectivity index (χ3n) is 3.36. The normalized spacial score (nSPS) is 11.1. The van der Waals surface area contributed by atoms with Gasteiger partial charge in [-0.2, -0.15) is 5.10 Å². The molecule has 3 aromatic rings. The van der Waals surface area contributed by atoms with Gasteiger partial charge in [-0.25, -0.2) is 4.39 Å². The Morgan fingerprint density at radius 2 is 2.05 bits per heavy atom. The van der Waals surface area contributed by atoms with Crippen molar-refractivity contribution in [3.05, 3.63) is 58.9 Å². The minimum absolute atomic E-state index is 0.204. The van der Waals surface area contributed by atoms with Crippen LogP contribution in [-0.4, -0.2) is 10.2 Å². The minimum Gasteiger partial charge on any atom is -0.382 e. The maximum atomic E-state index is 13.3. The molecule has 4 heteroatoms. The van der Waals surface area contributed by atoms with E-state index in [0.29, 0.717) is 12.2 Å². The lowest BCUT2D eigenvalue weighted by Crippen LogP contribution is -1.93. The Morgan fingerprint density at radius 3 is 2.89 bits per heavy atom. The Balaban J connectivity index is 2.00. The van der Waals surface area contributed by atoms with Gasteiger partial charge < -0.3 is 5.73 Å². The summed E-state index contributed by atoms with van der Waals surface area (Å²) in [5.74, 6) is 0.289. The molecule has 0 aliphatic rings. The number of fused-ring (bicyclic) bond motifs is 1. The molecule has 19 heavy (non-hydrogen) atoms. The first kappa shape index (κ1) is 11.7. The van der Waals surface area contributed by atoms with Gasteiger partial charge in [-0.05, 0) is 54.3 Å². The molecule has 2 aromatic carbocycles. The van der Waals surface area contributed by atoms with Gasteiger partial charge in [-0.15, -0.1) is 0 Å². The van der Waals surface area contributed by atoms with E-state index in [0.717, 1.165) is 27.6 Å². The molecule has 0 fully saturated rings. The number of aromatic amines is 1. The van der Waals surface area contributed by atoms with E-state index in [1.54, 1.807) is 12.1 Å². The van der Waals surface area contributed by atoms with Gasteiger partial charge in [0.15, 0.2) is 5.82 Å². The molecule has 0 aliphatic carbocycles. The molecular formula is C15H14FN3. The first-order chi connectivity index (χ1) is 9.13. The predicted octanol–water partition coefficient (Wildman–Crippen LogP) is 3.18. The number of halogens is 1. The summed E-state index contributed by atoms with van der Waals surface area (Å²) in [4.78, 5) is 0. The fourth-order valence-corrected chi connectivity index (χ4v) is 2.24. The number of nitrogens with one attached hydrogen (secondary N) is 1. The number of aromatic nitrogens is 2. The van der Waals surface area contributed by atoms with Gasteiger partial charge >= 0.3 is 0 Å². The summed E-state index contributed by atoms with van der Waals surface area (Å²) in [6.07, 6.45) is 0.685. The largest absolute Gasteiger partial charge is 0.382 e. The zero-order valence-electron chi connectivity index (χ0n) is 10.6. The zero-order chi connectivity index (χ0) is 13.4. The van der Waals surface area contributed by atoms with Crippen LogP contribution in [0.2, 0.25) is 0 Å². The second kappa shape index (κ2) is 4.39. The SMILES string of the molecule is Cc1ccc(F)cc1Cc1ccc2[nH]nc(N)c2c1. The number of rotatable bonds is 2. The lowest BCUT2D eigenvalue weighted by atomic mass is 9.99. The van der Waals surface area contributed by atoms with Crippen molar-refractivity contribution in [1.29, 1.82) is 0 Å². The van der Waals surface area contributed by atoms with E-state index in [-0.39, 0.29) is 5.82 Å². The number of hydrogen-bond donors (Lipinski definition) is 2. The highest BCUT2D eigenvalue weighted by Crippen LogP contribution is 2.22. The number of hydrogen-bond acceptors (Lipinski definition) is 2. The van der Waals surface area contributed by atoms with Crippen LogP contribution in [0.1, 0.15) is 16.7 Å². The van der Waals surface area contributed by atoms with E-state index in [1.807, 2.05) is 25.1 Å². The quantitative estimate of drug-likeness (QED) is 0.739. The summed E-state index contributed by atoms with van der Waals surface area (Å²) in [6, 6.07) is 10.8. The van der Waals surface area contributed by atoms with Crippen molar-refractivity contribution in [2.45, 2.75) is 13.3 Å². The van der Waals surface area contributed by atoms with Gasteiger partial charge in [0.2, 0.25) is 0 Å². The molecule has 0 amide bonds. The van der Waals surface area contributed by atoms with Crippen molar-refractivity contribution in [2.24, 2.45) is 0 Å². The van der Waals surface area contributed by atoms with Crippen molar-refractivity contribution >= 4 is 16.7 Å². The van der Waals surface area contributed by atoms with Crippen LogP contribution >= 0.6 is 0 Å². The molecule has 1 aromatic heterocycles. The number of nitrogen functional groups attached to an aromatic ring is 1. The van der Waals surface area contributed by atoms with Crippen LogP contribution < -0.4 is 5.73 Å². The smallest absolute Gasteiger partial charge is 0.153 e. The summed E-state index contributed by atoms with van der Waals surface area (Å²) in [5, 5.41) is 7.74. The molecule has 1 heterocycles. The summed E-state index contributed by atoms with van der Waals surface area (Å²) in [6.45, 7) is 1.99. The van der Waals surface area contributed by atoms with Crippen molar-refractivity contribution < 1.29 is 4.39 Å². The van der Waals surface area contributed by atoms with Gasteiger partial charge in [0.25, 0.3) is 0 Å². The molecule has 0 saturated heterocycles. The van der Waals surface area contributed by atoms with Crippen molar-refractivity contribution in [3.8, 4) is 0 Å². The fraction of sp³-hybridized carbons (Fsp3) is 0.133. The molecule has 3 nitrogen and oxygen atoms in total. The highest BCUT2D eigenvalue weighted by molar-refractivity contribution is 5.89. The van der Waals surface area contributed by atoms with Crippen LogP contribution in [-0.2, 0) is 6.42 Å². The lowest BCUT2D eigenvalue weighted by molar-refractivity contribution is 0.625. The van der Waals surface area contributed by atoms with E-state index in [9.17, 15) is 4.39 Å². The summed E-state index contributed by atoms with van der Waals surface area (Å²) >= 11 is 0. The Labute approximate surface area is 110 Å². The number of H-pyrrole nitrogens is 1. The maximum absolute atomic E-state index is 13.3. The maximum Gasteiger partial charge on any atom is 0.153 e. The predicted molar refractivity (Wildman–Crippen MR) is 74.4 cm³/mol. The Morgan fingerprint density at radius 1 is 1.21 bits per heavy atom. The van der Waals surface area contributed by atoms with E-state index in [4.69, 9.17) is 5.73 Å². The number of aryl methyl sites for hydroxylation is 1. The van der Waals surface area contributed by atoms with Gasteiger partial charge in [0.05, 0.1) is 5.52 Å². The number of benzene rings is 2. The molecular weight excluding hydrogens is 241 g/mol. The van der Waals surface area contributed by atoms with Gasteiger partial charge in [-0.3, -0.25) is 5.10 Å². The average molecular weight is 255 g/mol.